The van der Waals surface area contributed by atoms with Crippen LogP contribution in [0.2, 0.25) is 0 Å². The number of amides is 1. The van der Waals surface area contributed by atoms with E-state index in [2.05, 4.69) is 25.6 Å². The van der Waals surface area contributed by atoms with Gasteiger partial charge in [-0.25, -0.2) is 4.79 Å². The molecular weight excluding hydrogens is 324 g/mol. The molecule has 0 saturated carbocycles. The summed E-state index contributed by atoms with van der Waals surface area (Å²) >= 11 is 0. The fourth-order valence-electron chi connectivity index (χ4n) is 2.98. The Bertz CT molecular complexity index is 538. The number of nitrogens with one attached hydrogen (secondary N) is 1. The summed E-state index contributed by atoms with van der Waals surface area (Å²) in [5.74, 6) is -0.541. The Morgan fingerprint density at radius 1 is 1.24 bits per heavy atom. The summed E-state index contributed by atoms with van der Waals surface area (Å²) in [4.78, 5) is 26.1. The molecule has 138 valence electrons. The molecular formula is C16H26N6O3. The lowest BCUT2D eigenvalue weighted by Gasteiger charge is -2.12. The number of ether oxygens (including phenoxy) is 1. The fraction of sp³-hybridized carbons (Fsp3) is 0.875. The summed E-state index contributed by atoms with van der Waals surface area (Å²) in [5.41, 5.74) is 7.62. The Hall–Kier alpha value is -2.15. The minimum atomic E-state index is -0.554. The number of hydrogen-bond donors (Lipinski definition) is 1. The van der Waals surface area contributed by atoms with Crippen LogP contribution in [0.15, 0.2) is 15.3 Å². The standard InChI is InChI=1S/C16H26N6O3/c17-22-18-10-7-5-3-1-2-4-6-9-16(20-21-16)12-14(23)19-13-8-11-25-15(13)24/h13H,1-12H2,(H,19,23)/t13-/m0/s1. The van der Waals surface area contributed by atoms with Crippen LogP contribution >= 0.6 is 0 Å². The molecule has 2 aliphatic rings. The Morgan fingerprint density at radius 3 is 2.52 bits per heavy atom. The number of hydrogen-bond acceptors (Lipinski definition) is 6. The van der Waals surface area contributed by atoms with Gasteiger partial charge in [0.15, 0.2) is 5.66 Å². The molecule has 1 N–H and O–H groups in total. The van der Waals surface area contributed by atoms with E-state index >= 15 is 0 Å². The number of rotatable bonds is 13. The molecule has 2 aliphatic heterocycles. The zero-order chi connectivity index (χ0) is 18.0. The average Bonchev–Trinajstić information content (AvgIpc) is 3.23. The van der Waals surface area contributed by atoms with E-state index in [1.807, 2.05) is 0 Å². The van der Waals surface area contributed by atoms with Crippen molar-refractivity contribution >= 4 is 11.9 Å². The number of cyclic esters (lactones) is 1. The Labute approximate surface area is 147 Å². The van der Waals surface area contributed by atoms with Crippen LogP contribution in [-0.4, -0.2) is 36.7 Å². The molecule has 1 saturated heterocycles. The first-order valence-electron chi connectivity index (χ1n) is 9.06. The molecule has 1 fully saturated rings. The first-order chi connectivity index (χ1) is 12.2. The molecule has 9 heteroatoms. The third kappa shape index (κ3) is 7.09. The minimum absolute atomic E-state index is 0.186. The van der Waals surface area contributed by atoms with E-state index in [1.54, 1.807) is 0 Å². The Balaban J connectivity index is 1.48. The van der Waals surface area contributed by atoms with Crippen molar-refractivity contribution < 1.29 is 14.3 Å². The summed E-state index contributed by atoms with van der Waals surface area (Å²) < 4.78 is 4.83. The zero-order valence-corrected chi connectivity index (χ0v) is 14.5. The topological polar surface area (TPSA) is 129 Å². The van der Waals surface area contributed by atoms with Crippen LogP contribution in [-0.2, 0) is 14.3 Å². The highest BCUT2D eigenvalue weighted by Gasteiger charge is 2.42. The van der Waals surface area contributed by atoms with Gasteiger partial charge in [-0.1, -0.05) is 37.2 Å². The largest absolute Gasteiger partial charge is 0.464 e. The second-order valence-corrected chi connectivity index (χ2v) is 6.61. The van der Waals surface area contributed by atoms with E-state index in [1.165, 1.54) is 6.42 Å². The highest BCUT2D eigenvalue weighted by molar-refractivity contribution is 5.86. The monoisotopic (exact) mass is 350 g/mol. The van der Waals surface area contributed by atoms with Gasteiger partial charge in [-0.2, -0.15) is 10.2 Å². The minimum Gasteiger partial charge on any atom is -0.464 e. The predicted octanol–water partition coefficient (Wildman–Crippen LogP) is 3.40. The molecule has 2 heterocycles. The number of azide groups is 1. The average molecular weight is 350 g/mol. The van der Waals surface area contributed by atoms with Crippen molar-refractivity contribution in [1.82, 2.24) is 5.32 Å². The number of unbranched alkanes of at least 4 members (excludes halogenated alkanes) is 6. The van der Waals surface area contributed by atoms with Crippen LogP contribution in [0.1, 0.15) is 64.2 Å². The molecule has 25 heavy (non-hydrogen) atoms. The van der Waals surface area contributed by atoms with Crippen molar-refractivity contribution in [3.63, 3.8) is 0 Å². The van der Waals surface area contributed by atoms with Crippen LogP contribution in [0.3, 0.4) is 0 Å². The molecule has 1 amide bonds. The van der Waals surface area contributed by atoms with Gasteiger partial charge >= 0.3 is 5.97 Å². The van der Waals surface area contributed by atoms with Gasteiger partial charge in [-0.05, 0) is 24.8 Å². The summed E-state index contributed by atoms with van der Waals surface area (Å²) in [6.45, 7) is 0.956. The summed E-state index contributed by atoms with van der Waals surface area (Å²) in [6, 6.07) is -0.512. The van der Waals surface area contributed by atoms with E-state index < -0.39 is 11.7 Å². The summed E-state index contributed by atoms with van der Waals surface area (Å²) in [7, 11) is 0. The molecule has 0 aromatic carbocycles. The van der Waals surface area contributed by atoms with Crippen LogP contribution in [0, 0.1) is 0 Å². The smallest absolute Gasteiger partial charge is 0.328 e. The van der Waals surface area contributed by atoms with Gasteiger partial charge < -0.3 is 10.1 Å². The lowest BCUT2D eigenvalue weighted by Crippen LogP contribution is -2.39. The zero-order valence-electron chi connectivity index (χ0n) is 14.5. The van der Waals surface area contributed by atoms with Crippen molar-refractivity contribution in [3.05, 3.63) is 10.4 Å². The van der Waals surface area contributed by atoms with Crippen molar-refractivity contribution in [2.75, 3.05) is 13.2 Å². The van der Waals surface area contributed by atoms with E-state index in [4.69, 9.17) is 10.3 Å². The molecule has 0 aromatic rings. The third-order valence-electron chi connectivity index (χ3n) is 4.50. The first kappa shape index (κ1) is 19.2. The maximum Gasteiger partial charge on any atom is 0.328 e. The van der Waals surface area contributed by atoms with Gasteiger partial charge in [0.25, 0.3) is 0 Å². The maximum absolute atomic E-state index is 12.0. The molecule has 2 rings (SSSR count). The van der Waals surface area contributed by atoms with Gasteiger partial charge in [0, 0.05) is 17.9 Å². The molecule has 0 aromatic heterocycles. The van der Waals surface area contributed by atoms with Crippen LogP contribution in [0.25, 0.3) is 10.4 Å². The molecule has 9 nitrogen and oxygen atoms in total. The van der Waals surface area contributed by atoms with Gasteiger partial charge in [0.2, 0.25) is 5.91 Å². The van der Waals surface area contributed by atoms with Crippen LogP contribution in [0.4, 0.5) is 0 Å². The third-order valence-corrected chi connectivity index (χ3v) is 4.50. The quantitative estimate of drug-likeness (QED) is 0.180. The summed E-state index contributed by atoms with van der Waals surface area (Å²) in [6.07, 6.45) is 9.15. The normalized spacial score (nSPS) is 20.0. The SMILES string of the molecule is [N-]=[N+]=NCCCCCCCCCC1(CC(=O)N[C@H]2CCOC2=O)N=N1. The number of carbonyl (C=O) groups excluding carboxylic acids is 2. The van der Waals surface area contributed by atoms with E-state index in [-0.39, 0.29) is 18.3 Å². The highest BCUT2D eigenvalue weighted by Crippen LogP contribution is 2.37. The highest BCUT2D eigenvalue weighted by atomic mass is 16.5. The van der Waals surface area contributed by atoms with Crippen molar-refractivity contribution in [1.29, 1.82) is 0 Å². The van der Waals surface area contributed by atoms with Gasteiger partial charge in [-0.3, -0.25) is 4.79 Å². The fourth-order valence-corrected chi connectivity index (χ4v) is 2.98. The molecule has 0 unspecified atom stereocenters. The lowest BCUT2D eigenvalue weighted by molar-refractivity contribution is -0.141. The van der Waals surface area contributed by atoms with E-state index in [0.717, 1.165) is 44.9 Å². The molecule has 0 radical (unpaired) electrons. The van der Waals surface area contributed by atoms with Crippen molar-refractivity contribution in [2.24, 2.45) is 15.3 Å². The Morgan fingerprint density at radius 2 is 1.92 bits per heavy atom. The molecule has 1 atom stereocenters. The molecule has 0 aliphatic carbocycles. The number of esters is 1. The summed E-state index contributed by atoms with van der Waals surface area (Å²) in [5, 5.41) is 14.3. The predicted molar refractivity (Wildman–Crippen MR) is 90.7 cm³/mol. The lowest BCUT2D eigenvalue weighted by atomic mass is 10.00. The number of carbonyl (C=O) groups is 2. The van der Waals surface area contributed by atoms with E-state index in [9.17, 15) is 9.59 Å². The van der Waals surface area contributed by atoms with Crippen LogP contribution < -0.4 is 5.32 Å². The van der Waals surface area contributed by atoms with Crippen molar-refractivity contribution in [2.45, 2.75) is 75.9 Å². The van der Waals surface area contributed by atoms with Gasteiger partial charge in [0.05, 0.1) is 13.0 Å². The first-order valence-corrected chi connectivity index (χ1v) is 9.06. The van der Waals surface area contributed by atoms with E-state index in [0.29, 0.717) is 19.6 Å². The second kappa shape index (κ2) is 9.98. The van der Waals surface area contributed by atoms with Crippen LogP contribution in [0.5, 0.6) is 0 Å². The van der Waals surface area contributed by atoms with Gasteiger partial charge in [0.1, 0.15) is 6.04 Å². The second-order valence-electron chi connectivity index (χ2n) is 6.61. The molecule has 0 bridgehead atoms. The Kier molecular flexibility index (Phi) is 7.66. The van der Waals surface area contributed by atoms with Crippen molar-refractivity contribution in [3.8, 4) is 0 Å². The van der Waals surface area contributed by atoms with Gasteiger partial charge in [-0.15, -0.1) is 0 Å². The molecule has 0 spiro atoms. The number of nitrogens with zero attached hydrogens (tertiary/aromatic N) is 5. The maximum atomic E-state index is 12.0.